The summed E-state index contributed by atoms with van der Waals surface area (Å²) in [7, 11) is 0. The van der Waals surface area contributed by atoms with Crippen molar-refractivity contribution in [2.45, 2.75) is 6.61 Å². The van der Waals surface area contributed by atoms with Gasteiger partial charge in [0.15, 0.2) is 0 Å². The molecule has 1 heterocycles. The van der Waals surface area contributed by atoms with E-state index in [9.17, 15) is 4.79 Å². The predicted molar refractivity (Wildman–Crippen MR) is 63.6 cm³/mol. The van der Waals surface area contributed by atoms with Crippen molar-refractivity contribution in [1.29, 1.82) is 0 Å². The van der Waals surface area contributed by atoms with E-state index in [-0.39, 0.29) is 18.1 Å². The van der Waals surface area contributed by atoms with Crippen molar-refractivity contribution in [3.8, 4) is 11.5 Å². The summed E-state index contributed by atoms with van der Waals surface area (Å²) in [5, 5.41) is 17.8. The number of pyridine rings is 1. The first-order valence-corrected chi connectivity index (χ1v) is 5.25. The summed E-state index contributed by atoms with van der Waals surface area (Å²) in [4.78, 5) is 14.4. The van der Waals surface area contributed by atoms with Crippen LogP contribution in [-0.4, -0.2) is 21.2 Å². The molecule has 0 unspecified atom stereocenters. The van der Waals surface area contributed by atoms with Crippen LogP contribution in [0.15, 0.2) is 42.6 Å². The highest BCUT2D eigenvalue weighted by atomic mass is 16.5. The van der Waals surface area contributed by atoms with Crippen LogP contribution in [0.5, 0.6) is 11.5 Å². The van der Waals surface area contributed by atoms with Crippen LogP contribution in [0.3, 0.4) is 0 Å². The number of aromatic nitrogens is 1. The molecule has 2 rings (SSSR count). The molecular weight excluding hydrogens is 234 g/mol. The molecule has 18 heavy (non-hydrogen) atoms. The second kappa shape index (κ2) is 5.18. The monoisotopic (exact) mass is 245 g/mol. The molecule has 0 aliphatic heterocycles. The molecule has 0 fully saturated rings. The Hall–Kier alpha value is -2.56. The average Bonchev–Trinajstić information content (AvgIpc) is 2.38. The van der Waals surface area contributed by atoms with Crippen LogP contribution in [0, 0.1) is 0 Å². The Morgan fingerprint density at radius 1 is 1.17 bits per heavy atom. The molecule has 0 amide bonds. The normalized spacial score (nSPS) is 10.0. The van der Waals surface area contributed by atoms with Crippen LogP contribution in [0.2, 0.25) is 0 Å². The largest absolute Gasteiger partial charge is 0.508 e. The van der Waals surface area contributed by atoms with Crippen molar-refractivity contribution in [2.75, 3.05) is 0 Å². The summed E-state index contributed by atoms with van der Waals surface area (Å²) in [5.41, 5.74) is 0.774. The quantitative estimate of drug-likeness (QED) is 0.861. The third-order valence-corrected chi connectivity index (χ3v) is 2.29. The first-order valence-electron chi connectivity index (χ1n) is 5.25. The molecule has 5 heteroatoms. The van der Waals surface area contributed by atoms with E-state index >= 15 is 0 Å². The minimum atomic E-state index is -1.05. The molecule has 0 aliphatic rings. The van der Waals surface area contributed by atoms with Crippen molar-refractivity contribution < 1.29 is 19.7 Å². The van der Waals surface area contributed by atoms with Crippen LogP contribution in [-0.2, 0) is 6.61 Å². The number of carboxylic acid groups (broad SMARTS) is 1. The number of ether oxygens (including phenoxy) is 1. The molecule has 0 radical (unpaired) electrons. The Kier molecular flexibility index (Phi) is 3.43. The van der Waals surface area contributed by atoms with Crippen LogP contribution in [0.1, 0.15) is 16.1 Å². The van der Waals surface area contributed by atoms with Gasteiger partial charge in [-0.25, -0.2) is 9.78 Å². The molecule has 0 bridgehead atoms. The van der Waals surface area contributed by atoms with Crippen molar-refractivity contribution in [1.82, 2.24) is 4.98 Å². The standard InChI is InChI=1S/C13H11NO4/c15-10-2-4-11(5-3-10)18-8-9-1-6-12(13(16)17)14-7-9/h1-7,15H,8H2,(H,16,17). The highest BCUT2D eigenvalue weighted by molar-refractivity contribution is 5.85. The van der Waals surface area contributed by atoms with Gasteiger partial charge in [0.2, 0.25) is 0 Å². The Labute approximate surface area is 103 Å². The van der Waals surface area contributed by atoms with Crippen LogP contribution < -0.4 is 4.74 Å². The fourth-order valence-electron chi connectivity index (χ4n) is 1.35. The predicted octanol–water partition coefficient (Wildman–Crippen LogP) is 2.06. The SMILES string of the molecule is O=C(O)c1ccc(COc2ccc(O)cc2)cn1. The number of aromatic carboxylic acids is 1. The summed E-state index contributed by atoms with van der Waals surface area (Å²) in [6.45, 7) is 0.289. The zero-order valence-corrected chi connectivity index (χ0v) is 9.41. The van der Waals surface area contributed by atoms with E-state index in [4.69, 9.17) is 14.9 Å². The molecule has 1 aromatic carbocycles. The van der Waals surface area contributed by atoms with E-state index < -0.39 is 5.97 Å². The number of hydrogen-bond acceptors (Lipinski definition) is 4. The van der Waals surface area contributed by atoms with Crippen LogP contribution in [0.4, 0.5) is 0 Å². The van der Waals surface area contributed by atoms with Crippen LogP contribution in [0.25, 0.3) is 0 Å². The Morgan fingerprint density at radius 2 is 1.89 bits per heavy atom. The minimum Gasteiger partial charge on any atom is -0.508 e. The molecule has 0 spiro atoms. The molecule has 2 N–H and O–H groups in total. The number of benzene rings is 1. The highest BCUT2D eigenvalue weighted by Gasteiger charge is 2.03. The van der Waals surface area contributed by atoms with Crippen molar-refractivity contribution in [3.63, 3.8) is 0 Å². The van der Waals surface area contributed by atoms with Gasteiger partial charge in [0.05, 0.1) is 0 Å². The maximum Gasteiger partial charge on any atom is 0.354 e. The van der Waals surface area contributed by atoms with Crippen molar-refractivity contribution >= 4 is 5.97 Å². The minimum absolute atomic E-state index is 0.00313. The topological polar surface area (TPSA) is 79.7 Å². The fourth-order valence-corrected chi connectivity index (χ4v) is 1.35. The lowest BCUT2D eigenvalue weighted by atomic mass is 10.2. The van der Waals surface area contributed by atoms with Gasteiger partial charge >= 0.3 is 5.97 Å². The lowest BCUT2D eigenvalue weighted by Gasteiger charge is -2.06. The number of carbonyl (C=O) groups is 1. The zero-order valence-electron chi connectivity index (χ0n) is 9.41. The summed E-state index contributed by atoms with van der Waals surface area (Å²) in [6, 6.07) is 9.43. The number of phenolic OH excluding ortho intramolecular Hbond substituents is 1. The van der Waals surface area contributed by atoms with E-state index in [1.54, 1.807) is 18.2 Å². The number of rotatable bonds is 4. The zero-order chi connectivity index (χ0) is 13.0. The molecule has 2 aromatic rings. The first kappa shape index (κ1) is 11.9. The van der Waals surface area contributed by atoms with Gasteiger partial charge in [0, 0.05) is 11.8 Å². The number of phenols is 1. The molecule has 5 nitrogen and oxygen atoms in total. The van der Waals surface area contributed by atoms with Gasteiger partial charge in [-0.1, -0.05) is 6.07 Å². The molecular formula is C13H11NO4. The van der Waals surface area contributed by atoms with Gasteiger partial charge < -0.3 is 14.9 Å². The Balaban J connectivity index is 1.97. The van der Waals surface area contributed by atoms with Gasteiger partial charge in [-0.15, -0.1) is 0 Å². The van der Waals surface area contributed by atoms with E-state index in [2.05, 4.69) is 4.98 Å². The third-order valence-electron chi connectivity index (χ3n) is 2.29. The lowest BCUT2D eigenvalue weighted by molar-refractivity contribution is 0.0690. The first-order chi connectivity index (χ1) is 8.65. The Bertz CT molecular complexity index is 534. The summed E-state index contributed by atoms with van der Waals surface area (Å²) < 4.78 is 5.45. The third kappa shape index (κ3) is 2.98. The molecule has 1 aromatic heterocycles. The molecule has 0 saturated heterocycles. The summed E-state index contributed by atoms with van der Waals surface area (Å²) >= 11 is 0. The highest BCUT2D eigenvalue weighted by Crippen LogP contribution is 2.17. The molecule has 0 aliphatic carbocycles. The van der Waals surface area contributed by atoms with Gasteiger partial charge in [-0.2, -0.15) is 0 Å². The van der Waals surface area contributed by atoms with Gasteiger partial charge in [0.1, 0.15) is 23.8 Å². The van der Waals surface area contributed by atoms with Crippen molar-refractivity contribution in [2.24, 2.45) is 0 Å². The van der Waals surface area contributed by atoms with Crippen molar-refractivity contribution in [3.05, 3.63) is 53.9 Å². The van der Waals surface area contributed by atoms with E-state index in [1.165, 1.54) is 24.4 Å². The van der Waals surface area contributed by atoms with E-state index in [1.807, 2.05) is 0 Å². The maximum atomic E-state index is 10.6. The van der Waals surface area contributed by atoms with Gasteiger partial charge in [-0.3, -0.25) is 0 Å². The smallest absolute Gasteiger partial charge is 0.354 e. The second-order valence-corrected chi connectivity index (χ2v) is 3.64. The lowest BCUT2D eigenvalue weighted by Crippen LogP contribution is -2.02. The maximum absolute atomic E-state index is 10.6. The van der Waals surface area contributed by atoms with Crippen LogP contribution >= 0.6 is 0 Å². The number of aromatic hydroxyl groups is 1. The molecule has 92 valence electrons. The summed E-state index contributed by atoms with van der Waals surface area (Å²) in [5.74, 6) is -0.258. The molecule has 0 saturated carbocycles. The second-order valence-electron chi connectivity index (χ2n) is 3.64. The Morgan fingerprint density at radius 3 is 2.44 bits per heavy atom. The van der Waals surface area contributed by atoms with Gasteiger partial charge in [-0.05, 0) is 30.3 Å². The fraction of sp³-hybridized carbons (Fsp3) is 0.0769. The van der Waals surface area contributed by atoms with E-state index in [0.29, 0.717) is 5.75 Å². The number of hydrogen-bond donors (Lipinski definition) is 2. The molecule has 0 atom stereocenters. The van der Waals surface area contributed by atoms with E-state index in [0.717, 1.165) is 5.56 Å². The summed E-state index contributed by atoms with van der Waals surface area (Å²) in [6.07, 6.45) is 1.46. The number of carboxylic acids is 1. The average molecular weight is 245 g/mol. The van der Waals surface area contributed by atoms with Gasteiger partial charge in [0.25, 0.3) is 0 Å². The number of nitrogens with zero attached hydrogens (tertiary/aromatic N) is 1.